The van der Waals surface area contributed by atoms with E-state index in [0.29, 0.717) is 17.7 Å². The Morgan fingerprint density at radius 2 is 1.75 bits per heavy atom. The standard InChI is InChI=1S/C25H26F4N2S/c26-23-11-20-17(13-30-32-18-9-10-18)15-31(14-16-5-1-2-6-16)24(20)12-21(23)19-7-3-4-8-22(19)25(27,28)29/h3-4,7-8,11-12,15-16,18,30H,1-2,5-6,9-10,13-14H2. The smallest absolute Gasteiger partial charge is 0.347 e. The fourth-order valence-electron chi connectivity index (χ4n) is 4.74. The number of halogens is 4. The molecule has 2 aliphatic rings. The Bertz CT molecular complexity index is 1110. The second kappa shape index (κ2) is 8.75. The zero-order valence-electron chi connectivity index (χ0n) is 17.7. The Balaban J connectivity index is 1.57. The molecule has 2 aromatic carbocycles. The van der Waals surface area contributed by atoms with Crippen LogP contribution in [-0.4, -0.2) is 9.82 Å². The van der Waals surface area contributed by atoms with Crippen molar-refractivity contribution in [2.75, 3.05) is 0 Å². The van der Waals surface area contributed by atoms with E-state index in [2.05, 4.69) is 15.5 Å². The van der Waals surface area contributed by atoms with Crippen LogP contribution < -0.4 is 4.72 Å². The molecule has 0 bridgehead atoms. The third kappa shape index (κ3) is 4.55. The van der Waals surface area contributed by atoms with E-state index in [9.17, 15) is 13.2 Å². The summed E-state index contributed by atoms with van der Waals surface area (Å²) in [5, 5.41) is 1.43. The van der Waals surface area contributed by atoms with Gasteiger partial charge in [-0.25, -0.2) is 4.39 Å². The monoisotopic (exact) mass is 462 g/mol. The fourth-order valence-corrected chi connectivity index (χ4v) is 5.59. The fraction of sp³-hybridized carbons (Fsp3) is 0.440. The maximum atomic E-state index is 15.2. The van der Waals surface area contributed by atoms with Gasteiger partial charge in [0, 0.05) is 41.0 Å². The van der Waals surface area contributed by atoms with E-state index in [0.717, 1.165) is 41.9 Å². The molecule has 5 rings (SSSR count). The first-order valence-electron chi connectivity index (χ1n) is 11.3. The molecule has 0 aliphatic heterocycles. The lowest BCUT2D eigenvalue weighted by molar-refractivity contribution is -0.137. The highest BCUT2D eigenvalue weighted by Gasteiger charge is 2.34. The molecule has 0 unspecified atom stereocenters. The highest BCUT2D eigenvalue weighted by Crippen LogP contribution is 2.40. The number of nitrogens with zero attached hydrogens (tertiary/aromatic N) is 1. The SMILES string of the molecule is Fc1cc2c(CNSC3CC3)cn(CC3CCCC3)c2cc1-c1ccccc1C(F)(F)F. The van der Waals surface area contributed by atoms with Gasteiger partial charge in [-0.2, -0.15) is 13.2 Å². The predicted molar refractivity (Wildman–Crippen MR) is 122 cm³/mol. The van der Waals surface area contributed by atoms with Gasteiger partial charge in [0.2, 0.25) is 0 Å². The van der Waals surface area contributed by atoms with Crippen LogP contribution in [0.2, 0.25) is 0 Å². The van der Waals surface area contributed by atoms with Crippen molar-refractivity contribution in [1.29, 1.82) is 0 Å². The van der Waals surface area contributed by atoms with Crippen molar-refractivity contribution in [1.82, 2.24) is 9.29 Å². The minimum Gasteiger partial charge on any atom is -0.347 e. The molecule has 0 spiro atoms. The third-order valence-corrected chi connectivity index (χ3v) is 7.66. The van der Waals surface area contributed by atoms with Gasteiger partial charge in [-0.05, 0) is 60.9 Å². The molecule has 0 amide bonds. The molecule has 2 saturated carbocycles. The average Bonchev–Trinajstić information content (AvgIpc) is 3.33. The van der Waals surface area contributed by atoms with Crippen molar-refractivity contribution in [3.05, 3.63) is 59.5 Å². The van der Waals surface area contributed by atoms with Gasteiger partial charge in [-0.15, -0.1) is 0 Å². The molecule has 3 aromatic rings. The second-order valence-electron chi connectivity index (χ2n) is 8.99. The van der Waals surface area contributed by atoms with E-state index in [-0.39, 0.29) is 11.1 Å². The molecule has 7 heteroatoms. The maximum absolute atomic E-state index is 15.2. The molecule has 1 aromatic heterocycles. The van der Waals surface area contributed by atoms with Crippen molar-refractivity contribution in [3.63, 3.8) is 0 Å². The number of benzene rings is 2. The summed E-state index contributed by atoms with van der Waals surface area (Å²) in [5.41, 5.74) is 0.870. The Morgan fingerprint density at radius 1 is 1.00 bits per heavy atom. The molecule has 170 valence electrons. The number of fused-ring (bicyclic) bond motifs is 1. The summed E-state index contributed by atoms with van der Waals surface area (Å²) < 4.78 is 61.6. The van der Waals surface area contributed by atoms with E-state index in [4.69, 9.17) is 0 Å². The molecule has 2 nitrogen and oxygen atoms in total. The molecule has 0 atom stereocenters. The van der Waals surface area contributed by atoms with Crippen molar-refractivity contribution < 1.29 is 17.6 Å². The Morgan fingerprint density at radius 3 is 2.47 bits per heavy atom. The van der Waals surface area contributed by atoms with E-state index in [1.54, 1.807) is 18.0 Å². The van der Waals surface area contributed by atoms with Crippen LogP contribution in [-0.2, 0) is 19.3 Å². The van der Waals surface area contributed by atoms with Crippen LogP contribution in [0.1, 0.15) is 49.7 Å². The molecule has 32 heavy (non-hydrogen) atoms. The first kappa shape index (κ1) is 21.8. The summed E-state index contributed by atoms with van der Waals surface area (Å²) in [4.78, 5) is 0. The summed E-state index contributed by atoms with van der Waals surface area (Å²) in [5.74, 6) is -0.0628. The van der Waals surface area contributed by atoms with E-state index in [1.807, 2.05) is 0 Å². The van der Waals surface area contributed by atoms with Gasteiger partial charge in [-0.1, -0.05) is 43.0 Å². The lowest BCUT2D eigenvalue weighted by Gasteiger charge is -2.15. The molecule has 2 fully saturated rings. The largest absolute Gasteiger partial charge is 0.417 e. The second-order valence-corrected chi connectivity index (χ2v) is 10.2. The molecule has 0 radical (unpaired) electrons. The maximum Gasteiger partial charge on any atom is 0.417 e. The third-order valence-electron chi connectivity index (χ3n) is 6.54. The van der Waals surface area contributed by atoms with Gasteiger partial charge in [0.25, 0.3) is 0 Å². The Hall–Kier alpha value is -1.99. The average molecular weight is 463 g/mol. The molecule has 1 heterocycles. The Labute approximate surface area is 189 Å². The molecule has 2 aliphatic carbocycles. The van der Waals surface area contributed by atoms with E-state index in [1.165, 1.54) is 49.9 Å². The summed E-state index contributed by atoms with van der Waals surface area (Å²) in [6.45, 7) is 1.42. The summed E-state index contributed by atoms with van der Waals surface area (Å²) in [7, 11) is 0. The van der Waals surface area contributed by atoms with Crippen molar-refractivity contribution in [2.45, 2.75) is 63.0 Å². The first-order valence-corrected chi connectivity index (χ1v) is 12.1. The topological polar surface area (TPSA) is 17.0 Å². The normalized spacial score (nSPS) is 17.5. The van der Waals surface area contributed by atoms with Crippen LogP contribution in [0, 0.1) is 11.7 Å². The molecular formula is C25H26F4N2S. The lowest BCUT2D eigenvalue weighted by Crippen LogP contribution is -2.08. The first-order chi connectivity index (χ1) is 15.4. The number of nitrogens with one attached hydrogen (secondary N) is 1. The van der Waals surface area contributed by atoms with Crippen LogP contribution >= 0.6 is 11.9 Å². The highest BCUT2D eigenvalue weighted by atomic mass is 32.2. The minimum atomic E-state index is -4.54. The predicted octanol–water partition coefficient (Wildman–Crippen LogP) is 7.56. The van der Waals surface area contributed by atoms with Gasteiger partial charge in [0.15, 0.2) is 0 Å². The van der Waals surface area contributed by atoms with Crippen LogP contribution in [0.5, 0.6) is 0 Å². The van der Waals surface area contributed by atoms with Crippen molar-refractivity contribution in [2.24, 2.45) is 5.92 Å². The van der Waals surface area contributed by atoms with Crippen LogP contribution in [0.4, 0.5) is 17.6 Å². The van der Waals surface area contributed by atoms with Gasteiger partial charge < -0.3 is 4.57 Å². The zero-order chi connectivity index (χ0) is 22.3. The molecule has 1 N–H and O–H groups in total. The number of aromatic nitrogens is 1. The van der Waals surface area contributed by atoms with Gasteiger partial charge in [0.05, 0.1) is 5.56 Å². The minimum absolute atomic E-state index is 0.00283. The number of hydrogen-bond acceptors (Lipinski definition) is 2. The van der Waals surface area contributed by atoms with Gasteiger partial charge >= 0.3 is 6.18 Å². The quantitative estimate of drug-likeness (QED) is 0.288. The zero-order valence-corrected chi connectivity index (χ0v) is 18.5. The van der Waals surface area contributed by atoms with Crippen molar-refractivity contribution >= 4 is 22.9 Å². The van der Waals surface area contributed by atoms with E-state index >= 15 is 4.39 Å². The van der Waals surface area contributed by atoms with Crippen LogP contribution in [0.25, 0.3) is 22.0 Å². The molecule has 0 saturated heterocycles. The summed E-state index contributed by atoms with van der Waals surface area (Å²) >= 11 is 1.72. The van der Waals surface area contributed by atoms with Crippen LogP contribution in [0.15, 0.2) is 42.6 Å². The summed E-state index contributed by atoms with van der Waals surface area (Å²) in [6, 6.07) is 8.26. The number of rotatable bonds is 7. The van der Waals surface area contributed by atoms with E-state index < -0.39 is 17.6 Å². The lowest BCUT2D eigenvalue weighted by atomic mass is 9.97. The van der Waals surface area contributed by atoms with Gasteiger partial charge in [0.1, 0.15) is 5.82 Å². The Kier molecular flexibility index (Phi) is 5.97. The number of hydrogen-bond donors (Lipinski definition) is 1. The van der Waals surface area contributed by atoms with Crippen molar-refractivity contribution in [3.8, 4) is 11.1 Å². The summed E-state index contributed by atoms with van der Waals surface area (Å²) in [6.07, 6.45) is 4.71. The molecular weight excluding hydrogens is 436 g/mol. The van der Waals surface area contributed by atoms with Crippen LogP contribution in [0.3, 0.4) is 0 Å². The highest BCUT2D eigenvalue weighted by molar-refractivity contribution is 7.98. The van der Waals surface area contributed by atoms with Gasteiger partial charge in [-0.3, -0.25) is 4.72 Å². The number of alkyl halides is 3.